The summed E-state index contributed by atoms with van der Waals surface area (Å²) in [6.07, 6.45) is 6.21. The molecule has 0 saturated heterocycles. The van der Waals surface area contributed by atoms with Crippen LogP contribution in [0.2, 0.25) is 0 Å². The van der Waals surface area contributed by atoms with Crippen molar-refractivity contribution >= 4 is 27.5 Å². The van der Waals surface area contributed by atoms with E-state index in [0.29, 0.717) is 18.5 Å². The smallest absolute Gasteiger partial charge is 0.264 e. The van der Waals surface area contributed by atoms with Crippen LogP contribution in [0.15, 0.2) is 83.8 Å². The van der Waals surface area contributed by atoms with E-state index in [-0.39, 0.29) is 23.4 Å². The lowest BCUT2D eigenvalue weighted by Gasteiger charge is -2.35. The van der Waals surface area contributed by atoms with E-state index in [2.05, 4.69) is 5.32 Å². The van der Waals surface area contributed by atoms with Crippen LogP contribution in [0.4, 0.5) is 5.69 Å². The number of hydrogen-bond acceptors (Lipinski definition) is 4. The average molecular weight is 590 g/mol. The van der Waals surface area contributed by atoms with Gasteiger partial charge in [0.15, 0.2) is 0 Å². The molecule has 0 aromatic heterocycles. The standard InChI is InChI=1S/C34H43N3O4S/c1-4-28-17-12-13-22-32(28)37(42(40,41)30-20-10-7-11-21-30)25-33(38)36(24-27-16-14-15-26(3)23-27)31(5-2)34(39)35-29-18-8-6-9-19-29/h7,10-17,20-23,29,31H,4-6,8-9,18-19,24-25H2,1-3H3,(H,35,39). The number of carbonyl (C=O) groups excluding carboxylic acids is 2. The zero-order chi connectivity index (χ0) is 30.1. The van der Waals surface area contributed by atoms with Crippen LogP contribution in [0.5, 0.6) is 0 Å². The van der Waals surface area contributed by atoms with Crippen molar-refractivity contribution in [1.82, 2.24) is 10.2 Å². The number of aryl methyl sites for hydroxylation is 2. The number of rotatable bonds is 12. The fraction of sp³-hybridized carbons (Fsp3) is 0.412. The van der Waals surface area contributed by atoms with Crippen molar-refractivity contribution in [2.24, 2.45) is 0 Å². The zero-order valence-electron chi connectivity index (χ0n) is 25.0. The van der Waals surface area contributed by atoms with Crippen LogP contribution in [0.1, 0.15) is 69.1 Å². The van der Waals surface area contributed by atoms with Crippen LogP contribution >= 0.6 is 0 Å². The molecule has 3 aromatic rings. The lowest BCUT2D eigenvalue weighted by Crippen LogP contribution is -2.54. The molecule has 1 saturated carbocycles. The van der Waals surface area contributed by atoms with Gasteiger partial charge in [-0.15, -0.1) is 0 Å². The monoisotopic (exact) mass is 589 g/mol. The molecule has 7 nitrogen and oxygen atoms in total. The minimum absolute atomic E-state index is 0.0996. The van der Waals surface area contributed by atoms with E-state index in [1.54, 1.807) is 47.4 Å². The Kier molecular flexibility index (Phi) is 10.8. The van der Waals surface area contributed by atoms with Crippen LogP contribution in [0.25, 0.3) is 0 Å². The summed E-state index contributed by atoms with van der Waals surface area (Å²) >= 11 is 0. The molecule has 4 rings (SSSR count). The SMILES string of the molecule is CCc1ccccc1N(CC(=O)N(Cc1cccc(C)c1)C(CC)C(=O)NC1CCCCC1)S(=O)(=O)c1ccccc1. The molecule has 1 fully saturated rings. The molecule has 3 aromatic carbocycles. The topological polar surface area (TPSA) is 86.8 Å². The summed E-state index contributed by atoms with van der Waals surface area (Å²) in [5.41, 5.74) is 3.22. The maximum Gasteiger partial charge on any atom is 0.264 e. The van der Waals surface area contributed by atoms with Crippen LogP contribution < -0.4 is 9.62 Å². The van der Waals surface area contributed by atoms with E-state index in [9.17, 15) is 18.0 Å². The predicted molar refractivity (Wildman–Crippen MR) is 168 cm³/mol. The summed E-state index contributed by atoms with van der Waals surface area (Å²) in [6.45, 7) is 5.62. The Morgan fingerprint density at radius 2 is 1.60 bits per heavy atom. The molecule has 0 radical (unpaired) electrons. The summed E-state index contributed by atoms with van der Waals surface area (Å²) in [5.74, 6) is -0.607. The third-order valence-electron chi connectivity index (χ3n) is 8.02. The number of anilines is 1. The second kappa shape index (κ2) is 14.5. The highest BCUT2D eigenvalue weighted by atomic mass is 32.2. The number of benzene rings is 3. The Morgan fingerprint density at radius 3 is 2.26 bits per heavy atom. The number of hydrogen-bond donors (Lipinski definition) is 1. The summed E-state index contributed by atoms with van der Waals surface area (Å²) in [7, 11) is -4.08. The molecule has 1 atom stereocenters. The van der Waals surface area contributed by atoms with Gasteiger partial charge in [-0.25, -0.2) is 8.42 Å². The number of sulfonamides is 1. The highest BCUT2D eigenvalue weighted by Crippen LogP contribution is 2.28. The fourth-order valence-electron chi connectivity index (χ4n) is 5.76. The van der Waals surface area contributed by atoms with E-state index in [0.717, 1.165) is 42.4 Å². The number of nitrogens with zero attached hydrogens (tertiary/aromatic N) is 2. The molecular formula is C34H43N3O4S. The van der Waals surface area contributed by atoms with Crippen molar-refractivity contribution in [2.75, 3.05) is 10.8 Å². The van der Waals surface area contributed by atoms with Crippen molar-refractivity contribution < 1.29 is 18.0 Å². The van der Waals surface area contributed by atoms with Gasteiger partial charge < -0.3 is 10.2 Å². The molecule has 2 amide bonds. The molecule has 1 unspecified atom stereocenters. The van der Waals surface area contributed by atoms with E-state index in [1.807, 2.05) is 57.2 Å². The normalized spacial score (nSPS) is 14.6. The summed E-state index contributed by atoms with van der Waals surface area (Å²) in [4.78, 5) is 29.7. The first-order valence-electron chi connectivity index (χ1n) is 15.1. The Bertz CT molecular complexity index is 1450. The molecule has 0 bridgehead atoms. The van der Waals surface area contributed by atoms with Crippen LogP contribution in [0.3, 0.4) is 0 Å². The van der Waals surface area contributed by atoms with Gasteiger partial charge in [-0.1, -0.05) is 99.3 Å². The molecule has 8 heteroatoms. The second-order valence-corrected chi connectivity index (χ2v) is 12.9. The predicted octanol–water partition coefficient (Wildman–Crippen LogP) is 6.01. The molecular weight excluding hydrogens is 546 g/mol. The summed E-state index contributed by atoms with van der Waals surface area (Å²) in [5, 5.41) is 3.20. The maximum atomic E-state index is 14.3. The van der Waals surface area contributed by atoms with Crippen molar-refractivity contribution in [3.63, 3.8) is 0 Å². The Hall–Kier alpha value is -3.65. The number of amides is 2. The third-order valence-corrected chi connectivity index (χ3v) is 9.80. The van der Waals surface area contributed by atoms with Crippen molar-refractivity contribution in [1.29, 1.82) is 0 Å². The Balaban J connectivity index is 1.72. The molecule has 1 aliphatic rings. The Labute approximate surface area is 251 Å². The van der Waals surface area contributed by atoms with Gasteiger partial charge in [0.05, 0.1) is 10.6 Å². The molecule has 0 aliphatic heterocycles. The number of carbonyl (C=O) groups is 2. The first-order chi connectivity index (χ1) is 20.2. The lowest BCUT2D eigenvalue weighted by atomic mass is 9.95. The van der Waals surface area contributed by atoms with E-state index < -0.39 is 28.5 Å². The number of nitrogens with one attached hydrogen (secondary N) is 1. The van der Waals surface area contributed by atoms with E-state index >= 15 is 0 Å². The van der Waals surface area contributed by atoms with Crippen LogP contribution in [-0.2, 0) is 32.6 Å². The largest absolute Gasteiger partial charge is 0.352 e. The molecule has 1 aliphatic carbocycles. The van der Waals surface area contributed by atoms with E-state index in [1.165, 1.54) is 10.7 Å². The molecule has 0 spiro atoms. The van der Waals surface area contributed by atoms with Gasteiger partial charge in [0.25, 0.3) is 10.0 Å². The van der Waals surface area contributed by atoms with Gasteiger partial charge in [0, 0.05) is 12.6 Å². The van der Waals surface area contributed by atoms with Crippen molar-refractivity contribution in [2.45, 2.75) is 89.2 Å². The van der Waals surface area contributed by atoms with Gasteiger partial charge in [0.1, 0.15) is 12.6 Å². The van der Waals surface area contributed by atoms with Gasteiger partial charge in [0.2, 0.25) is 11.8 Å². The number of para-hydroxylation sites is 1. The highest BCUT2D eigenvalue weighted by Gasteiger charge is 2.35. The first-order valence-corrected chi connectivity index (χ1v) is 16.5. The third kappa shape index (κ3) is 7.59. The molecule has 0 heterocycles. The average Bonchev–Trinajstić information content (AvgIpc) is 3.00. The zero-order valence-corrected chi connectivity index (χ0v) is 25.8. The van der Waals surface area contributed by atoms with Crippen LogP contribution in [-0.4, -0.2) is 43.8 Å². The van der Waals surface area contributed by atoms with Gasteiger partial charge in [-0.05, 0) is 61.9 Å². The van der Waals surface area contributed by atoms with Gasteiger partial charge in [-0.3, -0.25) is 13.9 Å². The molecule has 224 valence electrons. The summed E-state index contributed by atoms with van der Waals surface area (Å²) in [6, 6.07) is 22.7. The Morgan fingerprint density at radius 1 is 0.905 bits per heavy atom. The van der Waals surface area contributed by atoms with E-state index in [4.69, 9.17) is 0 Å². The van der Waals surface area contributed by atoms with Gasteiger partial charge in [-0.2, -0.15) is 0 Å². The summed E-state index contributed by atoms with van der Waals surface area (Å²) < 4.78 is 29.4. The minimum atomic E-state index is -4.08. The molecule has 1 N–H and O–H groups in total. The molecule has 42 heavy (non-hydrogen) atoms. The van der Waals surface area contributed by atoms with Crippen molar-refractivity contribution in [3.05, 3.63) is 95.6 Å². The first kappa shape index (κ1) is 31.3. The quantitative estimate of drug-likeness (QED) is 0.280. The van der Waals surface area contributed by atoms with Crippen molar-refractivity contribution in [3.8, 4) is 0 Å². The van der Waals surface area contributed by atoms with Gasteiger partial charge >= 0.3 is 0 Å². The fourth-order valence-corrected chi connectivity index (χ4v) is 7.23. The highest BCUT2D eigenvalue weighted by molar-refractivity contribution is 7.92. The maximum absolute atomic E-state index is 14.3. The second-order valence-electron chi connectivity index (χ2n) is 11.1. The minimum Gasteiger partial charge on any atom is -0.352 e. The van der Waals surface area contributed by atoms with Crippen LogP contribution in [0, 0.1) is 6.92 Å². The lowest BCUT2D eigenvalue weighted by molar-refractivity contribution is -0.140.